The molecule has 2 aromatic rings. The Balaban J connectivity index is 1.47. The number of benzene rings is 2. The second-order valence-electron chi connectivity index (χ2n) is 7.46. The van der Waals surface area contributed by atoms with Crippen molar-refractivity contribution in [1.82, 2.24) is 9.03 Å². The number of rotatable bonds is 7. The van der Waals surface area contributed by atoms with Crippen LogP contribution in [0.1, 0.15) is 18.4 Å². The third-order valence-corrected chi connectivity index (χ3v) is 8.91. The van der Waals surface area contributed by atoms with E-state index in [1.54, 1.807) is 0 Å². The standard InChI is InChI=1S/C20H24N2O5S2/c23-28(24,21-16-20(10-11-20)17-4-2-1-3-5-17)18-6-8-19(9-7-18)29(25,26)22-12-14-27-15-13-22/h1-9,21H,10-16H2. The minimum Gasteiger partial charge on any atom is -0.379 e. The molecule has 0 radical (unpaired) electrons. The molecule has 0 aromatic heterocycles. The largest absolute Gasteiger partial charge is 0.379 e. The highest BCUT2D eigenvalue weighted by Crippen LogP contribution is 2.47. The van der Waals surface area contributed by atoms with E-state index in [1.165, 1.54) is 28.6 Å². The van der Waals surface area contributed by atoms with Crippen LogP contribution in [-0.2, 0) is 30.2 Å². The Kier molecular flexibility index (Phi) is 5.52. The molecule has 0 spiro atoms. The monoisotopic (exact) mass is 436 g/mol. The van der Waals surface area contributed by atoms with Crippen LogP contribution < -0.4 is 4.72 Å². The Morgan fingerprint density at radius 3 is 2.03 bits per heavy atom. The molecule has 2 aliphatic rings. The molecule has 0 bridgehead atoms. The third kappa shape index (κ3) is 4.24. The van der Waals surface area contributed by atoms with Crippen molar-refractivity contribution in [1.29, 1.82) is 0 Å². The zero-order chi connectivity index (χ0) is 20.5. The fourth-order valence-electron chi connectivity index (χ4n) is 3.55. The predicted octanol–water partition coefficient (Wildman–Crippen LogP) is 1.72. The molecule has 0 amide bonds. The van der Waals surface area contributed by atoms with Crippen molar-refractivity contribution >= 4 is 20.0 Å². The molecule has 9 heteroatoms. The summed E-state index contributed by atoms with van der Waals surface area (Å²) in [5.41, 5.74) is 0.989. The summed E-state index contributed by atoms with van der Waals surface area (Å²) in [4.78, 5) is 0.142. The lowest BCUT2D eigenvalue weighted by Gasteiger charge is -2.26. The van der Waals surface area contributed by atoms with Crippen LogP contribution >= 0.6 is 0 Å². The van der Waals surface area contributed by atoms with Gasteiger partial charge >= 0.3 is 0 Å². The number of hydrogen-bond donors (Lipinski definition) is 1. The molecule has 2 aromatic carbocycles. The van der Waals surface area contributed by atoms with Gasteiger partial charge in [0.25, 0.3) is 0 Å². The molecule has 7 nitrogen and oxygen atoms in total. The van der Waals surface area contributed by atoms with Gasteiger partial charge in [-0.2, -0.15) is 4.31 Å². The lowest BCUT2D eigenvalue weighted by Crippen LogP contribution is -2.40. The van der Waals surface area contributed by atoms with E-state index < -0.39 is 20.0 Å². The molecule has 1 aliphatic carbocycles. The molecule has 0 unspecified atom stereocenters. The molecule has 1 heterocycles. The minimum absolute atomic E-state index is 0.0577. The highest BCUT2D eigenvalue weighted by molar-refractivity contribution is 7.89. The van der Waals surface area contributed by atoms with Crippen molar-refractivity contribution in [3.63, 3.8) is 0 Å². The number of nitrogens with zero attached hydrogens (tertiary/aromatic N) is 1. The molecule has 1 N–H and O–H groups in total. The molecule has 156 valence electrons. The van der Waals surface area contributed by atoms with E-state index in [9.17, 15) is 16.8 Å². The van der Waals surface area contributed by atoms with Crippen molar-refractivity contribution < 1.29 is 21.6 Å². The fraction of sp³-hybridized carbons (Fsp3) is 0.400. The Morgan fingerprint density at radius 2 is 1.45 bits per heavy atom. The van der Waals surface area contributed by atoms with E-state index in [0.717, 1.165) is 18.4 Å². The van der Waals surface area contributed by atoms with Crippen LogP contribution in [0.4, 0.5) is 0 Å². The van der Waals surface area contributed by atoms with Gasteiger partial charge in [0.2, 0.25) is 20.0 Å². The van der Waals surface area contributed by atoms with E-state index in [1.807, 2.05) is 30.3 Å². The summed E-state index contributed by atoms with van der Waals surface area (Å²) < 4.78 is 60.0. The van der Waals surface area contributed by atoms with E-state index in [4.69, 9.17) is 4.74 Å². The van der Waals surface area contributed by atoms with Crippen molar-refractivity contribution in [3.05, 3.63) is 60.2 Å². The lowest BCUT2D eigenvalue weighted by atomic mass is 9.96. The maximum absolute atomic E-state index is 12.7. The molecular weight excluding hydrogens is 412 g/mol. The van der Waals surface area contributed by atoms with E-state index in [-0.39, 0.29) is 15.2 Å². The highest BCUT2D eigenvalue weighted by Gasteiger charge is 2.44. The number of morpholine rings is 1. The van der Waals surface area contributed by atoms with Crippen molar-refractivity contribution in [2.24, 2.45) is 0 Å². The third-order valence-electron chi connectivity index (χ3n) is 5.58. The summed E-state index contributed by atoms with van der Waals surface area (Å²) in [5.74, 6) is 0. The zero-order valence-corrected chi connectivity index (χ0v) is 17.6. The van der Waals surface area contributed by atoms with Crippen LogP contribution in [0.3, 0.4) is 0 Å². The zero-order valence-electron chi connectivity index (χ0n) is 16.0. The molecule has 1 saturated carbocycles. The van der Waals surface area contributed by atoms with Crippen molar-refractivity contribution in [2.75, 3.05) is 32.8 Å². The first-order chi connectivity index (χ1) is 13.8. The van der Waals surface area contributed by atoms with Gasteiger partial charge in [0, 0.05) is 25.0 Å². The second-order valence-corrected chi connectivity index (χ2v) is 11.2. The average Bonchev–Trinajstić information content (AvgIpc) is 3.55. The molecular formula is C20H24N2O5S2. The Hall–Kier alpha value is -1.78. The van der Waals surface area contributed by atoms with Gasteiger partial charge in [0.15, 0.2) is 0 Å². The Morgan fingerprint density at radius 1 is 0.862 bits per heavy atom. The molecule has 2 fully saturated rings. The molecule has 1 saturated heterocycles. The number of ether oxygens (including phenoxy) is 1. The van der Waals surface area contributed by atoms with Crippen LogP contribution in [0.5, 0.6) is 0 Å². The summed E-state index contributed by atoms with van der Waals surface area (Å²) in [6.45, 7) is 1.64. The molecule has 0 atom stereocenters. The Labute approximate surface area is 171 Å². The lowest BCUT2D eigenvalue weighted by molar-refractivity contribution is 0.0730. The topological polar surface area (TPSA) is 92.8 Å². The van der Waals surface area contributed by atoms with Gasteiger partial charge in [0.1, 0.15) is 0 Å². The van der Waals surface area contributed by atoms with Gasteiger partial charge in [0.05, 0.1) is 23.0 Å². The SMILES string of the molecule is O=S(=O)(NCC1(c2ccccc2)CC1)c1ccc(S(=O)(=O)N2CCOCC2)cc1. The molecule has 29 heavy (non-hydrogen) atoms. The van der Waals surface area contributed by atoms with Crippen molar-refractivity contribution in [2.45, 2.75) is 28.0 Å². The van der Waals surface area contributed by atoms with Crippen LogP contribution in [-0.4, -0.2) is 54.0 Å². The van der Waals surface area contributed by atoms with E-state index in [0.29, 0.717) is 32.8 Å². The van der Waals surface area contributed by atoms with Crippen LogP contribution in [0.2, 0.25) is 0 Å². The first-order valence-electron chi connectivity index (χ1n) is 9.57. The van der Waals surface area contributed by atoms with Gasteiger partial charge in [-0.05, 0) is 42.7 Å². The predicted molar refractivity (Wildman–Crippen MR) is 109 cm³/mol. The maximum atomic E-state index is 12.7. The number of hydrogen-bond acceptors (Lipinski definition) is 5. The molecule has 1 aliphatic heterocycles. The van der Waals surface area contributed by atoms with Gasteiger partial charge in [-0.15, -0.1) is 0 Å². The summed E-state index contributed by atoms with van der Waals surface area (Å²) in [7, 11) is -7.37. The second kappa shape index (κ2) is 7.81. The summed E-state index contributed by atoms with van der Waals surface area (Å²) in [5, 5.41) is 0. The van der Waals surface area contributed by atoms with E-state index >= 15 is 0 Å². The average molecular weight is 437 g/mol. The fourth-order valence-corrected chi connectivity index (χ4v) is 6.09. The highest BCUT2D eigenvalue weighted by atomic mass is 32.2. The Bertz CT molecular complexity index is 1060. The van der Waals surface area contributed by atoms with Gasteiger partial charge in [-0.3, -0.25) is 0 Å². The van der Waals surface area contributed by atoms with Crippen LogP contribution in [0, 0.1) is 0 Å². The first kappa shape index (κ1) is 20.5. The quantitative estimate of drug-likeness (QED) is 0.713. The summed E-state index contributed by atoms with van der Waals surface area (Å²) in [6, 6.07) is 15.3. The number of sulfonamides is 2. The molecule has 4 rings (SSSR count). The maximum Gasteiger partial charge on any atom is 0.243 e. The first-order valence-corrected chi connectivity index (χ1v) is 12.5. The van der Waals surface area contributed by atoms with Gasteiger partial charge in [-0.1, -0.05) is 30.3 Å². The summed E-state index contributed by atoms with van der Waals surface area (Å²) >= 11 is 0. The van der Waals surface area contributed by atoms with E-state index in [2.05, 4.69) is 4.72 Å². The van der Waals surface area contributed by atoms with Crippen LogP contribution in [0.25, 0.3) is 0 Å². The normalized spacial score (nSPS) is 19.7. The smallest absolute Gasteiger partial charge is 0.243 e. The van der Waals surface area contributed by atoms with Gasteiger partial charge in [-0.25, -0.2) is 21.6 Å². The van der Waals surface area contributed by atoms with Crippen LogP contribution in [0.15, 0.2) is 64.4 Å². The summed E-state index contributed by atoms with van der Waals surface area (Å²) in [6.07, 6.45) is 1.88. The van der Waals surface area contributed by atoms with Gasteiger partial charge < -0.3 is 4.74 Å². The van der Waals surface area contributed by atoms with Crippen molar-refractivity contribution in [3.8, 4) is 0 Å². The number of nitrogens with one attached hydrogen (secondary N) is 1. The minimum atomic E-state index is -3.73.